The van der Waals surface area contributed by atoms with Crippen LogP contribution >= 0.6 is 11.6 Å². The Morgan fingerprint density at radius 2 is 2.11 bits per heavy atom. The summed E-state index contributed by atoms with van der Waals surface area (Å²) in [6, 6.07) is 3.94. The van der Waals surface area contributed by atoms with Crippen molar-refractivity contribution in [1.29, 1.82) is 0 Å². The van der Waals surface area contributed by atoms with Crippen molar-refractivity contribution in [2.75, 3.05) is 0 Å². The van der Waals surface area contributed by atoms with Crippen LogP contribution in [-0.4, -0.2) is 20.3 Å². The van der Waals surface area contributed by atoms with Crippen LogP contribution in [0, 0.1) is 6.92 Å². The zero-order valence-corrected chi connectivity index (χ0v) is 12.5. The first-order valence-electron chi connectivity index (χ1n) is 6.27. The molecule has 0 unspecified atom stereocenters. The zero-order chi connectivity index (χ0) is 14.0. The normalized spacial score (nSPS) is 11.8. The molecule has 0 radical (unpaired) electrons. The number of nitrogens with zero attached hydrogens (tertiary/aromatic N) is 3. The van der Waals surface area contributed by atoms with Crippen molar-refractivity contribution in [3.05, 3.63) is 40.9 Å². The monoisotopic (exact) mass is 278 g/mol. The number of aromatic nitrogens is 3. The van der Waals surface area contributed by atoms with Crippen LogP contribution in [0.3, 0.4) is 0 Å². The lowest BCUT2D eigenvalue weighted by atomic mass is 10.1. The van der Waals surface area contributed by atoms with E-state index in [1.807, 2.05) is 25.3 Å². The van der Waals surface area contributed by atoms with Crippen molar-refractivity contribution in [2.45, 2.75) is 39.8 Å². The summed E-state index contributed by atoms with van der Waals surface area (Å²) in [5.41, 5.74) is 2.85. The number of nitrogens with one attached hydrogen (secondary N) is 1. The van der Waals surface area contributed by atoms with E-state index in [1.54, 1.807) is 10.9 Å². The predicted octanol–water partition coefficient (Wildman–Crippen LogP) is 3.12. The standard InChI is InChI=1S/C14H19ClN4/c1-10-13(15)9-19(18-10)12-5-6-16-11(7-12)8-17-14(2,3)4/h5-7,9,17H,8H2,1-4H3. The second-order valence-electron chi connectivity index (χ2n) is 5.62. The minimum atomic E-state index is 0.0727. The first-order chi connectivity index (χ1) is 8.85. The van der Waals surface area contributed by atoms with E-state index >= 15 is 0 Å². The third-order valence-corrected chi connectivity index (χ3v) is 3.07. The summed E-state index contributed by atoms with van der Waals surface area (Å²) < 4.78 is 1.78. The van der Waals surface area contributed by atoms with Crippen LogP contribution in [0.2, 0.25) is 5.02 Å². The van der Waals surface area contributed by atoms with Gasteiger partial charge in [0.2, 0.25) is 0 Å². The van der Waals surface area contributed by atoms with E-state index in [-0.39, 0.29) is 5.54 Å². The molecule has 0 bridgehead atoms. The topological polar surface area (TPSA) is 42.7 Å². The van der Waals surface area contributed by atoms with Crippen molar-refractivity contribution in [3.63, 3.8) is 0 Å². The third kappa shape index (κ3) is 3.78. The molecule has 19 heavy (non-hydrogen) atoms. The van der Waals surface area contributed by atoms with Gasteiger partial charge in [0.05, 0.1) is 22.1 Å². The smallest absolute Gasteiger partial charge is 0.0819 e. The second kappa shape index (κ2) is 5.31. The highest BCUT2D eigenvalue weighted by Gasteiger charge is 2.10. The molecular formula is C14H19ClN4. The Balaban J connectivity index is 2.19. The summed E-state index contributed by atoms with van der Waals surface area (Å²) in [6.07, 6.45) is 3.60. The Labute approximate surface area is 118 Å². The molecule has 0 spiro atoms. The van der Waals surface area contributed by atoms with Crippen molar-refractivity contribution in [1.82, 2.24) is 20.1 Å². The fourth-order valence-corrected chi connectivity index (χ4v) is 1.76. The molecule has 0 saturated heterocycles. The van der Waals surface area contributed by atoms with E-state index in [0.29, 0.717) is 5.02 Å². The minimum absolute atomic E-state index is 0.0727. The Bertz CT molecular complexity index is 550. The highest BCUT2D eigenvalue weighted by molar-refractivity contribution is 6.31. The lowest BCUT2D eigenvalue weighted by molar-refractivity contribution is 0.421. The van der Waals surface area contributed by atoms with E-state index < -0.39 is 0 Å². The lowest BCUT2D eigenvalue weighted by Crippen LogP contribution is -2.35. The van der Waals surface area contributed by atoms with Crippen molar-refractivity contribution >= 4 is 11.6 Å². The summed E-state index contributed by atoms with van der Waals surface area (Å²) in [5, 5.41) is 8.45. The van der Waals surface area contributed by atoms with E-state index in [2.05, 4.69) is 36.2 Å². The fourth-order valence-electron chi connectivity index (χ4n) is 1.63. The van der Waals surface area contributed by atoms with Crippen LogP contribution in [0.25, 0.3) is 5.69 Å². The average molecular weight is 279 g/mol. The summed E-state index contributed by atoms with van der Waals surface area (Å²) in [5.74, 6) is 0. The van der Waals surface area contributed by atoms with Crippen molar-refractivity contribution < 1.29 is 0 Å². The molecule has 4 nitrogen and oxygen atoms in total. The molecule has 0 atom stereocenters. The Morgan fingerprint density at radius 1 is 1.37 bits per heavy atom. The molecule has 2 aromatic rings. The van der Waals surface area contributed by atoms with Gasteiger partial charge in [-0.05, 0) is 39.8 Å². The minimum Gasteiger partial charge on any atom is -0.306 e. The maximum atomic E-state index is 6.03. The molecule has 0 aliphatic rings. The Morgan fingerprint density at radius 3 is 2.68 bits per heavy atom. The van der Waals surface area contributed by atoms with Gasteiger partial charge in [-0.25, -0.2) is 4.68 Å². The van der Waals surface area contributed by atoms with Crippen molar-refractivity contribution in [3.8, 4) is 5.69 Å². The molecule has 0 fully saturated rings. The molecule has 0 aliphatic carbocycles. The first kappa shape index (κ1) is 14.0. The molecule has 0 aromatic carbocycles. The van der Waals surface area contributed by atoms with Crippen LogP contribution in [0.15, 0.2) is 24.5 Å². The van der Waals surface area contributed by atoms with Gasteiger partial charge in [-0.3, -0.25) is 4.98 Å². The SMILES string of the molecule is Cc1nn(-c2ccnc(CNC(C)(C)C)c2)cc1Cl. The van der Waals surface area contributed by atoms with Gasteiger partial charge in [0.25, 0.3) is 0 Å². The zero-order valence-electron chi connectivity index (χ0n) is 11.7. The van der Waals surface area contributed by atoms with Gasteiger partial charge in [-0.2, -0.15) is 5.10 Å². The van der Waals surface area contributed by atoms with Crippen LogP contribution in [-0.2, 0) is 6.54 Å². The number of aryl methyl sites for hydroxylation is 1. The number of hydrogen-bond acceptors (Lipinski definition) is 3. The average Bonchev–Trinajstić information content (AvgIpc) is 2.67. The largest absolute Gasteiger partial charge is 0.306 e. The van der Waals surface area contributed by atoms with Crippen LogP contribution in [0.1, 0.15) is 32.2 Å². The van der Waals surface area contributed by atoms with E-state index in [0.717, 1.165) is 23.6 Å². The van der Waals surface area contributed by atoms with Gasteiger partial charge in [0, 0.05) is 24.5 Å². The van der Waals surface area contributed by atoms with Crippen LogP contribution < -0.4 is 5.32 Å². The fraction of sp³-hybridized carbons (Fsp3) is 0.429. The third-order valence-electron chi connectivity index (χ3n) is 2.70. The molecule has 2 rings (SSSR count). The van der Waals surface area contributed by atoms with Crippen LogP contribution in [0.4, 0.5) is 0 Å². The molecule has 2 heterocycles. The summed E-state index contributed by atoms with van der Waals surface area (Å²) >= 11 is 6.03. The van der Waals surface area contributed by atoms with Gasteiger partial charge in [-0.15, -0.1) is 0 Å². The van der Waals surface area contributed by atoms with Gasteiger partial charge in [0.1, 0.15) is 0 Å². The number of pyridine rings is 1. The van der Waals surface area contributed by atoms with Crippen molar-refractivity contribution in [2.24, 2.45) is 0 Å². The number of halogens is 1. The Kier molecular flexibility index (Phi) is 3.92. The number of hydrogen-bond donors (Lipinski definition) is 1. The molecule has 2 aromatic heterocycles. The van der Waals surface area contributed by atoms with Crippen LogP contribution in [0.5, 0.6) is 0 Å². The maximum Gasteiger partial charge on any atom is 0.0819 e. The van der Waals surface area contributed by atoms with E-state index in [1.165, 1.54) is 0 Å². The van der Waals surface area contributed by atoms with E-state index in [4.69, 9.17) is 11.6 Å². The molecule has 1 N–H and O–H groups in total. The molecular weight excluding hydrogens is 260 g/mol. The van der Waals surface area contributed by atoms with Gasteiger partial charge in [-0.1, -0.05) is 11.6 Å². The maximum absolute atomic E-state index is 6.03. The predicted molar refractivity (Wildman–Crippen MR) is 77.7 cm³/mol. The highest BCUT2D eigenvalue weighted by Crippen LogP contribution is 2.16. The summed E-state index contributed by atoms with van der Waals surface area (Å²) in [4.78, 5) is 4.36. The highest BCUT2D eigenvalue weighted by atomic mass is 35.5. The van der Waals surface area contributed by atoms with E-state index in [9.17, 15) is 0 Å². The summed E-state index contributed by atoms with van der Waals surface area (Å²) in [6.45, 7) is 9.02. The Hall–Kier alpha value is -1.39. The van der Waals surface area contributed by atoms with Gasteiger partial charge in [0.15, 0.2) is 0 Å². The number of rotatable bonds is 3. The van der Waals surface area contributed by atoms with Gasteiger partial charge < -0.3 is 5.32 Å². The molecule has 0 aliphatic heterocycles. The molecule has 5 heteroatoms. The lowest BCUT2D eigenvalue weighted by Gasteiger charge is -2.20. The first-order valence-corrected chi connectivity index (χ1v) is 6.65. The molecule has 102 valence electrons. The van der Waals surface area contributed by atoms with Gasteiger partial charge >= 0.3 is 0 Å². The molecule has 0 amide bonds. The summed E-state index contributed by atoms with van der Waals surface area (Å²) in [7, 11) is 0. The molecule has 0 saturated carbocycles. The second-order valence-corrected chi connectivity index (χ2v) is 6.02. The quantitative estimate of drug-likeness (QED) is 0.938.